The second-order valence-corrected chi connectivity index (χ2v) is 6.16. The molecule has 1 aromatic carbocycles. The lowest BCUT2D eigenvalue weighted by molar-refractivity contribution is 0.279. The Balaban J connectivity index is 0.000000204. The summed E-state index contributed by atoms with van der Waals surface area (Å²) in [4.78, 5) is 0. The summed E-state index contributed by atoms with van der Waals surface area (Å²) in [6, 6.07) is 10.3. The lowest BCUT2D eigenvalue weighted by Gasteiger charge is -2.24. The van der Waals surface area contributed by atoms with E-state index in [2.05, 4.69) is 37.9 Å². The molecule has 0 aromatic heterocycles. The molecule has 0 spiro atoms. The summed E-state index contributed by atoms with van der Waals surface area (Å²) in [7, 11) is 1.89. The van der Waals surface area contributed by atoms with E-state index in [0.717, 1.165) is 24.0 Å². The fraction of sp³-hybridized carbons (Fsp3) is 0.579. The van der Waals surface area contributed by atoms with Gasteiger partial charge in [0.25, 0.3) is 0 Å². The molecule has 0 aliphatic heterocycles. The number of hydrogen-bond acceptors (Lipinski definition) is 1. The molecule has 1 N–H and O–H groups in total. The molecule has 0 amide bonds. The lowest BCUT2D eigenvalue weighted by atomic mass is 9.82. The van der Waals surface area contributed by atoms with Gasteiger partial charge in [-0.05, 0) is 17.4 Å². The van der Waals surface area contributed by atoms with Crippen LogP contribution in [0, 0.1) is 11.8 Å². The molecule has 112 valence electrons. The van der Waals surface area contributed by atoms with E-state index in [1.165, 1.54) is 37.7 Å². The monoisotopic (exact) mass is 273 g/mol. The van der Waals surface area contributed by atoms with Crippen LogP contribution in [-0.2, 0) is 6.42 Å². The third kappa shape index (κ3) is 6.79. The third-order valence-corrected chi connectivity index (χ3v) is 4.21. The minimum Gasteiger partial charge on any atom is -0.392 e. The van der Waals surface area contributed by atoms with Gasteiger partial charge in [0.15, 0.2) is 0 Å². The highest BCUT2D eigenvalue weighted by Gasteiger charge is 2.15. The van der Waals surface area contributed by atoms with Crippen molar-refractivity contribution in [3.05, 3.63) is 48.2 Å². The van der Waals surface area contributed by atoms with Crippen LogP contribution in [0.15, 0.2) is 42.6 Å². The second kappa shape index (κ2) is 9.63. The molecule has 20 heavy (non-hydrogen) atoms. The SMILES string of the molecule is C=C(Cc1ccccc1)NC.CC(C)C1CCCCC1. The summed E-state index contributed by atoms with van der Waals surface area (Å²) >= 11 is 0. The molecule has 1 fully saturated rings. The molecule has 0 unspecified atom stereocenters. The fourth-order valence-corrected chi connectivity index (χ4v) is 2.73. The maximum absolute atomic E-state index is 3.86. The van der Waals surface area contributed by atoms with E-state index in [9.17, 15) is 0 Å². The molecule has 1 aliphatic carbocycles. The first kappa shape index (κ1) is 16.8. The van der Waals surface area contributed by atoms with Crippen molar-refractivity contribution in [1.82, 2.24) is 5.32 Å². The maximum atomic E-state index is 3.86. The summed E-state index contributed by atoms with van der Waals surface area (Å²) in [6.45, 7) is 8.57. The van der Waals surface area contributed by atoms with Gasteiger partial charge >= 0.3 is 0 Å². The summed E-state index contributed by atoms with van der Waals surface area (Å²) in [5.41, 5.74) is 2.35. The standard InChI is InChI=1S/C10H13N.C9H18/c1-9(11-2)8-10-6-4-3-5-7-10;1-8(2)9-6-4-3-5-7-9/h3-7,11H,1,8H2,2H3;8-9H,3-7H2,1-2H3. The van der Waals surface area contributed by atoms with Crippen molar-refractivity contribution >= 4 is 0 Å². The predicted molar refractivity (Wildman–Crippen MR) is 89.8 cm³/mol. The number of likely N-dealkylation sites (N-methyl/N-ethyl adjacent to an activating group) is 1. The van der Waals surface area contributed by atoms with E-state index in [0.29, 0.717) is 0 Å². The maximum Gasteiger partial charge on any atom is 0.0117 e. The molecular formula is C19H31N. The van der Waals surface area contributed by atoms with E-state index in [1.807, 2.05) is 25.2 Å². The average molecular weight is 273 g/mol. The van der Waals surface area contributed by atoms with Crippen LogP contribution in [0.1, 0.15) is 51.5 Å². The number of nitrogens with one attached hydrogen (secondary N) is 1. The quantitative estimate of drug-likeness (QED) is 0.796. The molecule has 1 saturated carbocycles. The molecule has 0 heterocycles. The third-order valence-electron chi connectivity index (χ3n) is 4.21. The van der Waals surface area contributed by atoms with Crippen molar-refractivity contribution in [2.24, 2.45) is 11.8 Å². The van der Waals surface area contributed by atoms with E-state index in [1.54, 1.807) is 0 Å². The largest absolute Gasteiger partial charge is 0.392 e. The van der Waals surface area contributed by atoms with Crippen molar-refractivity contribution < 1.29 is 0 Å². The Bertz CT molecular complexity index is 361. The van der Waals surface area contributed by atoms with Crippen LogP contribution in [0.5, 0.6) is 0 Å². The molecule has 1 heteroatoms. The fourth-order valence-electron chi connectivity index (χ4n) is 2.73. The highest BCUT2D eigenvalue weighted by molar-refractivity contribution is 5.19. The van der Waals surface area contributed by atoms with Gasteiger partial charge in [0.2, 0.25) is 0 Å². The zero-order chi connectivity index (χ0) is 14.8. The van der Waals surface area contributed by atoms with Crippen molar-refractivity contribution in [2.75, 3.05) is 7.05 Å². The van der Waals surface area contributed by atoms with Gasteiger partial charge in [0, 0.05) is 19.2 Å². The van der Waals surface area contributed by atoms with E-state index in [4.69, 9.17) is 0 Å². The molecule has 2 rings (SSSR count). The molecule has 1 aromatic rings. The first-order valence-electron chi connectivity index (χ1n) is 8.03. The molecular weight excluding hydrogens is 242 g/mol. The Morgan fingerprint density at radius 1 is 1.15 bits per heavy atom. The summed E-state index contributed by atoms with van der Waals surface area (Å²) < 4.78 is 0. The van der Waals surface area contributed by atoms with Crippen molar-refractivity contribution in [1.29, 1.82) is 0 Å². The van der Waals surface area contributed by atoms with Gasteiger partial charge in [-0.15, -0.1) is 0 Å². The van der Waals surface area contributed by atoms with Gasteiger partial charge in [0.1, 0.15) is 0 Å². The second-order valence-electron chi connectivity index (χ2n) is 6.16. The Hall–Kier alpha value is -1.24. The van der Waals surface area contributed by atoms with Crippen LogP contribution in [0.3, 0.4) is 0 Å². The Labute approximate surface area is 125 Å². The molecule has 1 aliphatic rings. The van der Waals surface area contributed by atoms with Gasteiger partial charge < -0.3 is 5.32 Å². The van der Waals surface area contributed by atoms with Gasteiger partial charge in [0.05, 0.1) is 0 Å². The van der Waals surface area contributed by atoms with Crippen molar-refractivity contribution in [3.63, 3.8) is 0 Å². The summed E-state index contributed by atoms with van der Waals surface area (Å²) in [5.74, 6) is 1.99. The van der Waals surface area contributed by atoms with Crippen LogP contribution in [-0.4, -0.2) is 7.05 Å². The number of benzene rings is 1. The van der Waals surface area contributed by atoms with E-state index >= 15 is 0 Å². The zero-order valence-electron chi connectivity index (χ0n) is 13.5. The lowest BCUT2D eigenvalue weighted by Crippen LogP contribution is -2.12. The van der Waals surface area contributed by atoms with Crippen molar-refractivity contribution in [3.8, 4) is 0 Å². The van der Waals surface area contributed by atoms with E-state index < -0.39 is 0 Å². The number of hydrogen-bond donors (Lipinski definition) is 1. The van der Waals surface area contributed by atoms with Crippen molar-refractivity contribution in [2.45, 2.75) is 52.4 Å². The first-order valence-corrected chi connectivity index (χ1v) is 8.03. The Kier molecular flexibility index (Phi) is 8.10. The molecule has 1 nitrogen and oxygen atoms in total. The van der Waals surface area contributed by atoms with Gasteiger partial charge in [-0.2, -0.15) is 0 Å². The van der Waals surface area contributed by atoms with Crippen LogP contribution >= 0.6 is 0 Å². The minimum absolute atomic E-state index is 0.914. The van der Waals surface area contributed by atoms with Crippen LogP contribution in [0.2, 0.25) is 0 Å². The van der Waals surface area contributed by atoms with Gasteiger partial charge in [-0.1, -0.05) is 82.9 Å². The summed E-state index contributed by atoms with van der Waals surface area (Å²) in [6.07, 6.45) is 8.38. The highest BCUT2D eigenvalue weighted by Crippen LogP contribution is 2.29. The van der Waals surface area contributed by atoms with Gasteiger partial charge in [-0.25, -0.2) is 0 Å². The minimum atomic E-state index is 0.914. The number of rotatable bonds is 4. The summed E-state index contributed by atoms with van der Waals surface area (Å²) in [5, 5.41) is 3.02. The number of allylic oxidation sites excluding steroid dienone is 1. The molecule has 0 atom stereocenters. The topological polar surface area (TPSA) is 12.0 Å². The van der Waals surface area contributed by atoms with E-state index in [-0.39, 0.29) is 0 Å². The highest BCUT2D eigenvalue weighted by atomic mass is 14.8. The zero-order valence-corrected chi connectivity index (χ0v) is 13.5. The van der Waals surface area contributed by atoms with Crippen LogP contribution < -0.4 is 5.32 Å². The molecule has 0 bridgehead atoms. The molecule has 0 radical (unpaired) electrons. The molecule has 0 saturated heterocycles. The smallest absolute Gasteiger partial charge is 0.0117 e. The predicted octanol–water partition coefficient (Wildman–Crippen LogP) is 5.18. The Morgan fingerprint density at radius 2 is 1.75 bits per heavy atom. The van der Waals surface area contributed by atoms with Crippen LogP contribution in [0.4, 0.5) is 0 Å². The average Bonchev–Trinajstić information content (AvgIpc) is 2.49. The van der Waals surface area contributed by atoms with Crippen LogP contribution in [0.25, 0.3) is 0 Å². The Morgan fingerprint density at radius 3 is 2.20 bits per heavy atom. The first-order chi connectivity index (χ1) is 9.63. The normalized spacial score (nSPS) is 15.4. The van der Waals surface area contributed by atoms with Gasteiger partial charge in [-0.3, -0.25) is 0 Å².